The van der Waals surface area contributed by atoms with Crippen molar-refractivity contribution in [3.05, 3.63) is 34.1 Å². The summed E-state index contributed by atoms with van der Waals surface area (Å²) >= 11 is 0. The van der Waals surface area contributed by atoms with E-state index in [2.05, 4.69) is 0 Å². The molecule has 0 atom stereocenters. The van der Waals surface area contributed by atoms with Gasteiger partial charge in [0.1, 0.15) is 0 Å². The Kier molecular flexibility index (Phi) is 5.46. The largest absolute Gasteiger partial charge is 0.378 e. The fraction of sp³-hybridized carbons (Fsp3) is 0.571. The van der Waals surface area contributed by atoms with E-state index in [0.717, 1.165) is 25.3 Å². The number of halogens is 1. The number of benzene rings is 1. The number of nitro groups is 1. The fourth-order valence-corrected chi connectivity index (χ4v) is 2.46. The number of hydrogen-bond donors (Lipinski definition) is 1. The Hall–Kier alpha value is -1.73. The molecule has 1 aromatic carbocycles. The molecule has 2 N–H and O–H groups in total. The van der Waals surface area contributed by atoms with Crippen LogP contribution in [0.15, 0.2) is 18.2 Å². The Balaban J connectivity index is 1.91. The summed E-state index contributed by atoms with van der Waals surface area (Å²) in [6.07, 6.45) is 2.67. The second-order valence-corrected chi connectivity index (χ2v) is 5.09. The fourth-order valence-electron chi connectivity index (χ4n) is 2.46. The number of rotatable bonds is 6. The van der Waals surface area contributed by atoms with Crippen LogP contribution in [0.25, 0.3) is 0 Å². The van der Waals surface area contributed by atoms with E-state index in [1.165, 1.54) is 12.1 Å². The summed E-state index contributed by atoms with van der Waals surface area (Å²) in [5.41, 5.74) is 5.61. The molecule has 0 unspecified atom stereocenters. The van der Waals surface area contributed by atoms with E-state index in [0.29, 0.717) is 31.9 Å². The molecule has 1 heterocycles. The minimum atomic E-state index is -0.593. The normalized spacial score (nSPS) is 16.2. The molecule has 6 nitrogen and oxygen atoms in total. The zero-order valence-electron chi connectivity index (χ0n) is 11.8. The highest BCUT2D eigenvalue weighted by Crippen LogP contribution is 2.27. The van der Waals surface area contributed by atoms with Gasteiger partial charge in [0.2, 0.25) is 0 Å². The first-order valence-corrected chi connectivity index (χ1v) is 7.12. The molecule has 0 spiro atoms. The summed E-state index contributed by atoms with van der Waals surface area (Å²) in [6, 6.07) is 3.78. The van der Waals surface area contributed by atoms with Crippen molar-refractivity contribution >= 4 is 11.4 Å². The molecular formula is C14H20FN3O3. The lowest BCUT2D eigenvalue weighted by Gasteiger charge is -2.33. The second kappa shape index (κ2) is 7.33. The maximum absolute atomic E-state index is 13.9. The number of nitro benzene ring substituents is 1. The molecule has 0 aliphatic carbocycles. The molecule has 0 radical (unpaired) electrons. The van der Waals surface area contributed by atoms with Crippen molar-refractivity contribution in [3.63, 3.8) is 0 Å². The Morgan fingerprint density at radius 3 is 2.71 bits per heavy atom. The van der Waals surface area contributed by atoms with E-state index in [4.69, 9.17) is 10.5 Å². The Bertz CT molecular complexity index is 490. The van der Waals surface area contributed by atoms with Gasteiger partial charge in [-0.2, -0.15) is 0 Å². The summed E-state index contributed by atoms with van der Waals surface area (Å²) in [5.74, 6) is -0.549. The number of ether oxygens (including phenoxy) is 1. The van der Waals surface area contributed by atoms with Gasteiger partial charge in [-0.15, -0.1) is 0 Å². The quantitative estimate of drug-likeness (QED) is 0.494. The van der Waals surface area contributed by atoms with Crippen LogP contribution < -0.4 is 10.6 Å². The Morgan fingerprint density at radius 1 is 1.43 bits per heavy atom. The lowest BCUT2D eigenvalue weighted by Crippen LogP contribution is -2.37. The average molecular weight is 297 g/mol. The second-order valence-electron chi connectivity index (χ2n) is 5.09. The van der Waals surface area contributed by atoms with Crippen LogP contribution in [0, 0.1) is 15.9 Å². The molecular weight excluding hydrogens is 277 g/mol. The molecule has 0 bridgehead atoms. The average Bonchev–Trinajstić information content (AvgIpc) is 2.48. The molecule has 116 valence electrons. The molecule has 0 aromatic heterocycles. The third kappa shape index (κ3) is 4.12. The standard InChI is InChI=1S/C14H20FN3O3/c15-13-10-11(18(19)20)2-3-14(13)17-7-4-12(5-8-17)21-9-1-6-16/h2-3,10,12H,1,4-9,16H2. The van der Waals surface area contributed by atoms with Gasteiger partial charge in [0.05, 0.1) is 22.8 Å². The van der Waals surface area contributed by atoms with Crippen LogP contribution >= 0.6 is 0 Å². The first-order valence-electron chi connectivity index (χ1n) is 7.12. The number of hydrogen-bond acceptors (Lipinski definition) is 5. The number of non-ortho nitro benzene ring substituents is 1. The molecule has 21 heavy (non-hydrogen) atoms. The number of piperidine rings is 1. The van der Waals surface area contributed by atoms with Gasteiger partial charge >= 0.3 is 0 Å². The lowest BCUT2D eigenvalue weighted by molar-refractivity contribution is -0.385. The van der Waals surface area contributed by atoms with E-state index in [-0.39, 0.29) is 11.8 Å². The third-order valence-corrected chi connectivity index (χ3v) is 3.63. The summed E-state index contributed by atoms with van der Waals surface area (Å²) in [5, 5.41) is 10.6. The van der Waals surface area contributed by atoms with Crippen LogP contribution in [0.4, 0.5) is 15.8 Å². The molecule has 1 fully saturated rings. The van der Waals surface area contributed by atoms with Crippen molar-refractivity contribution in [3.8, 4) is 0 Å². The number of nitrogens with zero attached hydrogens (tertiary/aromatic N) is 2. The van der Waals surface area contributed by atoms with Gasteiger partial charge in [-0.3, -0.25) is 10.1 Å². The van der Waals surface area contributed by atoms with Crippen LogP contribution in [0.5, 0.6) is 0 Å². The van der Waals surface area contributed by atoms with Gasteiger partial charge in [0.25, 0.3) is 5.69 Å². The van der Waals surface area contributed by atoms with Crippen LogP contribution in [-0.2, 0) is 4.74 Å². The smallest absolute Gasteiger partial charge is 0.272 e. The van der Waals surface area contributed by atoms with E-state index in [9.17, 15) is 14.5 Å². The molecule has 0 amide bonds. The van der Waals surface area contributed by atoms with Crippen molar-refractivity contribution in [2.24, 2.45) is 5.73 Å². The van der Waals surface area contributed by atoms with Crippen molar-refractivity contribution < 1.29 is 14.1 Å². The highest BCUT2D eigenvalue weighted by molar-refractivity contribution is 5.52. The van der Waals surface area contributed by atoms with Crippen molar-refractivity contribution in [1.29, 1.82) is 0 Å². The topological polar surface area (TPSA) is 81.6 Å². The molecule has 2 rings (SSSR count). The molecule has 1 aliphatic heterocycles. The van der Waals surface area contributed by atoms with E-state index in [1.807, 2.05) is 4.90 Å². The van der Waals surface area contributed by atoms with Gasteiger partial charge < -0.3 is 15.4 Å². The van der Waals surface area contributed by atoms with Crippen LogP contribution in [0.3, 0.4) is 0 Å². The summed E-state index contributed by atoms with van der Waals surface area (Å²) in [7, 11) is 0. The van der Waals surface area contributed by atoms with Gasteiger partial charge in [0, 0.05) is 25.8 Å². The van der Waals surface area contributed by atoms with E-state index >= 15 is 0 Å². The van der Waals surface area contributed by atoms with Gasteiger partial charge in [-0.25, -0.2) is 4.39 Å². The molecule has 1 aliphatic rings. The van der Waals surface area contributed by atoms with Gasteiger partial charge in [0.15, 0.2) is 5.82 Å². The highest BCUT2D eigenvalue weighted by atomic mass is 19.1. The minimum Gasteiger partial charge on any atom is -0.378 e. The highest BCUT2D eigenvalue weighted by Gasteiger charge is 2.22. The minimum absolute atomic E-state index is 0.189. The lowest BCUT2D eigenvalue weighted by atomic mass is 10.1. The van der Waals surface area contributed by atoms with E-state index < -0.39 is 10.7 Å². The Morgan fingerprint density at radius 2 is 2.14 bits per heavy atom. The zero-order chi connectivity index (χ0) is 15.2. The Labute approximate surface area is 122 Å². The van der Waals surface area contributed by atoms with Crippen LogP contribution in [0.2, 0.25) is 0 Å². The monoisotopic (exact) mass is 297 g/mol. The van der Waals surface area contributed by atoms with Crippen LogP contribution in [-0.4, -0.2) is 37.3 Å². The predicted molar refractivity (Wildman–Crippen MR) is 77.9 cm³/mol. The summed E-state index contributed by atoms with van der Waals surface area (Å²) in [4.78, 5) is 11.9. The molecule has 0 saturated carbocycles. The number of nitrogens with two attached hydrogens (primary N) is 1. The summed E-state index contributed by atoms with van der Waals surface area (Å²) < 4.78 is 19.6. The number of anilines is 1. The SMILES string of the molecule is NCCCOC1CCN(c2ccc([N+](=O)[O-])cc2F)CC1. The molecule has 1 saturated heterocycles. The first-order chi connectivity index (χ1) is 10.1. The third-order valence-electron chi connectivity index (χ3n) is 3.63. The maximum Gasteiger partial charge on any atom is 0.272 e. The predicted octanol–water partition coefficient (Wildman–Crippen LogP) is 2.07. The maximum atomic E-state index is 13.9. The molecule has 1 aromatic rings. The zero-order valence-corrected chi connectivity index (χ0v) is 11.8. The first kappa shape index (κ1) is 15.7. The van der Waals surface area contributed by atoms with Gasteiger partial charge in [-0.1, -0.05) is 0 Å². The van der Waals surface area contributed by atoms with Gasteiger partial charge in [-0.05, 0) is 31.9 Å². The van der Waals surface area contributed by atoms with Crippen molar-refractivity contribution in [1.82, 2.24) is 0 Å². The van der Waals surface area contributed by atoms with Crippen molar-refractivity contribution in [2.45, 2.75) is 25.4 Å². The molecule has 7 heteroatoms. The summed E-state index contributed by atoms with van der Waals surface area (Å²) in [6.45, 7) is 2.64. The van der Waals surface area contributed by atoms with E-state index in [1.54, 1.807) is 0 Å². The van der Waals surface area contributed by atoms with Crippen LogP contribution in [0.1, 0.15) is 19.3 Å². The van der Waals surface area contributed by atoms with Crippen molar-refractivity contribution in [2.75, 3.05) is 31.1 Å².